The molecule has 2 atom stereocenters. The monoisotopic (exact) mass is 303 g/mol. The van der Waals surface area contributed by atoms with Crippen LogP contribution in [0, 0.1) is 11.8 Å². The van der Waals surface area contributed by atoms with Crippen molar-refractivity contribution in [1.29, 1.82) is 0 Å². The number of aromatic nitrogens is 3. The second-order valence-corrected chi connectivity index (χ2v) is 5.64. The van der Waals surface area contributed by atoms with Crippen LogP contribution in [0.15, 0.2) is 6.33 Å². The van der Waals surface area contributed by atoms with Gasteiger partial charge in [-0.2, -0.15) is 18.3 Å². The normalized spacial score (nSPS) is 23.2. The van der Waals surface area contributed by atoms with Crippen LogP contribution >= 0.6 is 0 Å². The Balaban J connectivity index is 1.98. The summed E-state index contributed by atoms with van der Waals surface area (Å²) in [6.45, 7) is 2.65. The number of alkyl halides is 3. The summed E-state index contributed by atoms with van der Waals surface area (Å²) in [5.41, 5.74) is 0. The number of ketones is 1. The van der Waals surface area contributed by atoms with Gasteiger partial charge in [0.15, 0.2) is 0 Å². The molecule has 0 saturated heterocycles. The van der Waals surface area contributed by atoms with Gasteiger partial charge in [0.25, 0.3) is 0 Å². The van der Waals surface area contributed by atoms with Crippen LogP contribution in [-0.2, 0) is 17.8 Å². The number of hydrogen-bond acceptors (Lipinski definition) is 3. The molecule has 2 unspecified atom stereocenters. The van der Waals surface area contributed by atoms with E-state index in [0.29, 0.717) is 25.2 Å². The second-order valence-electron chi connectivity index (χ2n) is 5.64. The van der Waals surface area contributed by atoms with Crippen molar-refractivity contribution in [2.45, 2.75) is 58.2 Å². The maximum absolute atomic E-state index is 12.8. The van der Waals surface area contributed by atoms with Gasteiger partial charge < -0.3 is 0 Å². The molecule has 1 aromatic heterocycles. The summed E-state index contributed by atoms with van der Waals surface area (Å²) in [5.74, 6) is -1.43. The van der Waals surface area contributed by atoms with Gasteiger partial charge in [-0.05, 0) is 25.7 Å². The van der Waals surface area contributed by atoms with Crippen molar-refractivity contribution in [3.63, 3.8) is 0 Å². The SMILES string of the molecule is CCCn1ncnc1CC(=O)C1CCCC(C(F)(F)F)C1. The Morgan fingerprint density at radius 1 is 1.43 bits per heavy atom. The molecule has 0 aliphatic heterocycles. The van der Waals surface area contributed by atoms with Crippen molar-refractivity contribution >= 4 is 5.78 Å². The van der Waals surface area contributed by atoms with Crippen LogP contribution in [0.4, 0.5) is 13.2 Å². The van der Waals surface area contributed by atoms with Crippen molar-refractivity contribution in [2.75, 3.05) is 0 Å². The standard InChI is InChI=1S/C14H20F3N3O/c1-2-6-20-13(18-9-19-20)8-12(21)10-4-3-5-11(7-10)14(15,16)17/h9-11H,2-8H2,1H3. The lowest BCUT2D eigenvalue weighted by atomic mass is 9.78. The van der Waals surface area contributed by atoms with E-state index in [9.17, 15) is 18.0 Å². The molecule has 0 aromatic carbocycles. The molecule has 1 heterocycles. The third kappa shape index (κ3) is 4.04. The fraction of sp³-hybridized carbons (Fsp3) is 0.786. The van der Waals surface area contributed by atoms with Crippen LogP contribution < -0.4 is 0 Å². The molecule has 1 saturated carbocycles. The Morgan fingerprint density at radius 2 is 2.19 bits per heavy atom. The van der Waals surface area contributed by atoms with Crippen LogP contribution in [0.2, 0.25) is 0 Å². The van der Waals surface area contributed by atoms with Gasteiger partial charge in [-0.15, -0.1) is 0 Å². The predicted octanol–water partition coefficient (Wildman–Crippen LogP) is 3.17. The smallest absolute Gasteiger partial charge is 0.299 e. The molecular formula is C14H20F3N3O. The van der Waals surface area contributed by atoms with Gasteiger partial charge in [-0.1, -0.05) is 13.3 Å². The zero-order valence-electron chi connectivity index (χ0n) is 12.1. The molecule has 0 bridgehead atoms. The van der Waals surface area contributed by atoms with Crippen LogP contribution in [0.1, 0.15) is 44.9 Å². The minimum Gasteiger partial charge on any atom is -0.299 e. The summed E-state index contributed by atoms with van der Waals surface area (Å²) in [5, 5.41) is 4.03. The minimum absolute atomic E-state index is 0.0786. The molecule has 1 fully saturated rings. The highest BCUT2D eigenvalue weighted by molar-refractivity contribution is 5.82. The Labute approximate surface area is 121 Å². The Morgan fingerprint density at radius 3 is 2.86 bits per heavy atom. The molecule has 1 aromatic rings. The van der Waals surface area contributed by atoms with E-state index >= 15 is 0 Å². The summed E-state index contributed by atoms with van der Waals surface area (Å²) in [6.07, 6.45) is -0.794. The highest BCUT2D eigenvalue weighted by atomic mass is 19.4. The predicted molar refractivity (Wildman–Crippen MR) is 70.5 cm³/mol. The summed E-state index contributed by atoms with van der Waals surface area (Å²) in [7, 11) is 0. The molecule has 1 aliphatic rings. The number of aryl methyl sites for hydroxylation is 1. The lowest BCUT2D eigenvalue weighted by Gasteiger charge is -2.29. The van der Waals surface area contributed by atoms with Crippen molar-refractivity contribution in [2.24, 2.45) is 11.8 Å². The molecule has 0 amide bonds. The van der Waals surface area contributed by atoms with E-state index in [1.54, 1.807) is 4.68 Å². The number of carbonyl (C=O) groups is 1. The first kappa shape index (κ1) is 16.0. The van der Waals surface area contributed by atoms with Gasteiger partial charge in [-0.3, -0.25) is 4.79 Å². The molecule has 0 radical (unpaired) electrons. The van der Waals surface area contributed by atoms with E-state index in [-0.39, 0.29) is 25.0 Å². The van der Waals surface area contributed by atoms with Crippen LogP contribution in [0.3, 0.4) is 0 Å². The zero-order chi connectivity index (χ0) is 15.5. The van der Waals surface area contributed by atoms with Gasteiger partial charge in [0.2, 0.25) is 0 Å². The van der Waals surface area contributed by atoms with E-state index in [1.165, 1.54) is 6.33 Å². The maximum Gasteiger partial charge on any atom is 0.391 e. The molecule has 0 spiro atoms. The van der Waals surface area contributed by atoms with Crippen molar-refractivity contribution in [3.8, 4) is 0 Å². The lowest BCUT2D eigenvalue weighted by Crippen LogP contribution is -2.32. The molecule has 118 valence electrons. The first-order valence-corrected chi connectivity index (χ1v) is 7.38. The fourth-order valence-corrected chi connectivity index (χ4v) is 2.90. The van der Waals surface area contributed by atoms with Gasteiger partial charge >= 0.3 is 6.18 Å². The summed E-state index contributed by atoms with van der Waals surface area (Å²) < 4.78 is 40.0. The largest absolute Gasteiger partial charge is 0.391 e. The third-order valence-corrected chi connectivity index (χ3v) is 4.06. The van der Waals surface area contributed by atoms with Crippen LogP contribution in [-0.4, -0.2) is 26.7 Å². The van der Waals surface area contributed by atoms with Gasteiger partial charge in [-0.25, -0.2) is 9.67 Å². The lowest BCUT2D eigenvalue weighted by molar-refractivity contribution is -0.186. The van der Waals surface area contributed by atoms with E-state index < -0.39 is 18.0 Å². The van der Waals surface area contributed by atoms with E-state index in [4.69, 9.17) is 0 Å². The molecule has 0 N–H and O–H groups in total. The van der Waals surface area contributed by atoms with Crippen molar-refractivity contribution in [3.05, 3.63) is 12.2 Å². The number of rotatable bonds is 5. The third-order valence-electron chi connectivity index (χ3n) is 4.06. The number of halogens is 3. The molecule has 7 heteroatoms. The Kier molecular flexibility index (Phi) is 5.00. The highest BCUT2D eigenvalue weighted by Crippen LogP contribution is 2.40. The highest BCUT2D eigenvalue weighted by Gasteiger charge is 2.43. The molecule has 4 nitrogen and oxygen atoms in total. The second kappa shape index (κ2) is 6.58. The number of hydrogen-bond donors (Lipinski definition) is 0. The van der Waals surface area contributed by atoms with E-state index in [2.05, 4.69) is 10.1 Å². The van der Waals surface area contributed by atoms with Crippen LogP contribution in [0.25, 0.3) is 0 Å². The topological polar surface area (TPSA) is 47.8 Å². The summed E-state index contributed by atoms with van der Waals surface area (Å²) >= 11 is 0. The molecule has 2 rings (SSSR count). The van der Waals surface area contributed by atoms with Gasteiger partial charge in [0.1, 0.15) is 17.9 Å². The van der Waals surface area contributed by atoms with Gasteiger partial charge in [0, 0.05) is 12.5 Å². The average molecular weight is 303 g/mol. The molecular weight excluding hydrogens is 283 g/mol. The van der Waals surface area contributed by atoms with E-state index in [0.717, 1.165) is 6.42 Å². The van der Waals surface area contributed by atoms with E-state index in [1.807, 2.05) is 6.92 Å². The minimum atomic E-state index is -4.19. The number of Topliss-reactive ketones (excluding diaryl/α,β-unsaturated/α-hetero) is 1. The van der Waals surface area contributed by atoms with Crippen LogP contribution in [0.5, 0.6) is 0 Å². The van der Waals surface area contributed by atoms with Gasteiger partial charge in [0.05, 0.1) is 12.3 Å². The quantitative estimate of drug-likeness (QED) is 0.839. The first-order valence-electron chi connectivity index (χ1n) is 7.38. The first-order chi connectivity index (χ1) is 9.91. The number of nitrogens with zero attached hydrogens (tertiary/aromatic N) is 3. The molecule has 21 heavy (non-hydrogen) atoms. The summed E-state index contributed by atoms with van der Waals surface area (Å²) in [4.78, 5) is 16.3. The zero-order valence-corrected chi connectivity index (χ0v) is 12.1. The average Bonchev–Trinajstić information content (AvgIpc) is 2.86. The summed E-state index contributed by atoms with van der Waals surface area (Å²) in [6, 6.07) is 0. The Hall–Kier alpha value is -1.40. The van der Waals surface area contributed by atoms with Crippen molar-refractivity contribution < 1.29 is 18.0 Å². The Bertz CT molecular complexity index is 484. The van der Waals surface area contributed by atoms with Crippen molar-refractivity contribution in [1.82, 2.24) is 14.8 Å². The fourth-order valence-electron chi connectivity index (χ4n) is 2.90. The number of carbonyl (C=O) groups excluding carboxylic acids is 1. The maximum atomic E-state index is 12.8. The molecule has 1 aliphatic carbocycles.